The molecule has 1 aromatic rings. The number of nitrogens with one attached hydrogen (secondary N) is 1. The molecule has 1 aromatic heterocycles. The average Bonchev–Trinajstić information content (AvgIpc) is 2.87. The van der Waals surface area contributed by atoms with Crippen LogP contribution in [0, 0.1) is 5.92 Å². The van der Waals surface area contributed by atoms with Gasteiger partial charge in [-0.1, -0.05) is 13.0 Å². The predicted molar refractivity (Wildman–Crippen MR) is 72.2 cm³/mol. The van der Waals surface area contributed by atoms with Gasteiger partial charge in [0.25, 0.3) is 5.91 Å². The van der Waals surface area contributed by atoms with Crippen LogP contribution in [0.25, 0.3) is 0 Å². The van der Waals surface area contributed by atoms with Crippen LogP contribution >= 0.6 is 0 Å². The molecule has 0 bridgehead atoms. The number of carbonyl (C=O) groups excluding carboxylic acids is 1. The van der Waals surface area contributed by atoms with Gasteiger partial charge in [-0.2, -0.15) is 0 Å². The Morgan fingerprint density at radius 3 is 3.11 bits per heavy atom. The van der Waals surface area contributed by atoms with E-state index in [4.69, 9.17) is 4.74 Å². The number of rotatable bonds is 5. The summed E-state index contributed by atoms with van der Waals surface area (Å²) in [6, 6.07) is 4.65. The average molecular weight is 264 g/mol. The molecule has 1 aliphatic rings. The lowest BCUT2D eigenvalue weighted by molar-refractivity contribution is 0.0749. The Bertz CT molecular complexity index is 484. The second kappa shape index (κ2) is 6.52. The number of carbonyl (C=O) groups is 1. The smallest absolute Gasteiger partial charge is 0.270 e. The first-order valence-electron chi connectivity index (χ1n) is 6.77. The molecule has 5 heteroatoms. The van der Waals surface area contributed by atoms with Crippen molar-refractivity contribution in [3.8, 4) is 0 Å². The van der Waals surface area contributed by atoms with E-state index in [-0.39, 0.29) is 11.5 Å². The van der Waals surface area contributed by atoms with Gasteiger partial charge in [0, 0.05) is 31.7 Å². The topological polar surface area (TPSA) is 62.4 Å². The van der Waals surface area contributed by atoms with Gasteiger partial charge in [-0.15, -0.1) is 0 Å². The number of aromatic nitrogens is 1. The Kier molecular flexibility index (Phi) is 4.74. The van der Waals surface area contributed by atoms with Crippen LogP contribution in [0.4, 0.5) is 0 Å². The highest BCUT2D eigenvalue weighted by atomic mass is 16.5. The summed E-state index contributed by atoms with van der Waals surface area (Å²) >= 11 is 0. The molecule has 2 heterocycles. The molecular formula is C14H20N2O3. The predicted octanol–water partition coefficient (Wildman–Crippen LogP) is 1.26. The number of likely N-dealkylation sites (tertiary alicyclic amines) is 1. The summed E-state index contributed by atoms with van der Waals surface area (Å²) in [6.45, 7) is 5.00. The molecule has 1 aliphatic heterocycles. The summed E-state index contributed by atoms with van der Waals surface area (Å²) in [5, 5.41) is 0. The molecule has 0 aliphatic carbocycles. The van der Waals surface area contributed by atoms with Crippen molar-refractivity contribution in [2.24, 2.45) is 5.92 Å². The zero-order valence-electron chi connectivity index (χ0n) is 11.2. The Hall–Kier alpha value is -1.62. The van der Waals surface area contributed by atoms with Crippen LogP contribution < -0.4 is 5.56 Å². The van der Waals surface area contributed by atoms with Crippen molar-refractivity contribution >= 4 is 5.91 Å². The Morgan fingerprint density at radius 1 is 1.53 bits per heavy atom. The van der Waals surface area contributed by atoms with Crippen molar-refractivity contribution in [2.45, 2.75) is 19.8 Å². The zero-order chi connectivity index (χ0) is 13.7. The third-order valence-corrected chi connectivity index (χ3v) is 3.27. The highest BCUT2D eigenvalue weighted by Crippen LogP contribution is 2.18. The Labute approximate surface area is 112 Å². The van der Waals surface area contributed by atoms with Crippen molar-refractivity contribution in [2.75, 3.05) is 26.3 Å². The first-order valence-corrected chi connectivity index (χ1v) is 6.77. The highest BCUT2D eigenvalue weighted by molar-refractivity contribution is 5.92. The minimum absolute atomic E-state index is 0.101. The van der Waals surface area contributed by atoms with Crippen molar-refractivity contribution < 1.29 is 9.53 Å². The summed E-state index contributed by atoms with van der Waals surface area (Å²) in [4.78, 5) is 27.7. The second-order valence-electron chi connectivity index (χ2n) is 4.91. The van der Waals surface area contributed by atoms with Crippen LogP contribution in [-0.2, 0) is 4.74 Å². The van der Waals surface area contributed by atoms with E-state index in [1.807, 2.05) is 0 Å². The minimum Gasteiger partial charge on any atom is -0.381 e. The normalized spacial score (nSPS) is 18.8. The fourth-order valence-electron chi connectivity index (χ4n) is 2.29. The van der Waals surface area contributed by atoms with Crippen LogP contribution in [-0.4, -0.2) is 42.1 Å². The molecule has 0 unspecified atom stereocenters. The first kappa shape index (κ1) is 13.8. The molecule has 1 amide bonds. The summed E-state index contributed by atoms with van der Waals surface area (Å²) < 4.78 is 5.52. The maximum Gasteiger partial charge on any atom is 0.270 e. The Morgan fingerprint density at radius 2 is 2.37 bits per heavy atom. The van der Waals surface area contributed by atoms with Crippen molar-refractivity contribution in [1.29, 1.82) is 0 Å². The molecular weight excluding hydrogens is 244 g/mol. The standard InChI is InChI=1S/C14H20N2O3/c1-2-8-19-10-11-6-7-16(9-11)14(18)12-4-3-5-13(17)15-12/h3-5,11H,2,6-10H2,1H3,(H,15,17)/t11-/m1/s1. The molecule has 0 saturated carbocycles. The maximum atomic E-state index is 12.2. The van der Waals surface area contributed by atoms with Crippen LogP contribution in [0.2, 0.25) is 0 Å². The third-order valence-electron chi connectivity index (χ3n) is 3.27. The fraction of sp³-hybridized carbons (Fsp3) is 0.571. The molecule has 1 saturated heterocycles. The van der Waals surface area contributed by atoms with Crippen LogP contribution in [0.1, 0.15) is 30.3 Å². The molecule has 1 atom stereocenters. The Balaban J connectivity index is 1.90. The molecule has 2 rings (SSSR count). The van der Waals surface area contributed by atoms with Gasteiger partial charge in [0.05, 0.1) is 6.61 Å². The van der Waals surface area contributed by atoms with E-state index < -0.39 is 0 Å². The third kappa shape index (κ3) is 3.67. The molecule has 0 radical (unpaired) electrons. The molecule has 5 nitrogen and oxygen atoms in total. The molecule has 1 N–H and O–H groups in total. The number of hydrogen-bond acceptors (Lipinski definition) is 3. The van der Waals surface area contributed by atoms with Crippen LogP contribution in [0.3, 0.4) is 0 Å². The number of H-pyrrole nitrogens is 1. The lowest BCUT2D eigenvalue weighted by atomic mass is 10.1. The van der Waals surface area contributed by atoms with Gasteiger partial charge < -0.3 is 14.6 Å². The summed E-state index contributed by atoms with van der Waals surface area (Å²) in [6.07, 6.45) is 1.98. The molecule has 0 spiro atoms. The van der Waals surface area contributed by atoms with Crippen molar-refractivity contribution in [3.05, 3.63) is 34.2 Å². The highest BCUT2D eigenvalue weighted by Gasteiger charge is 2.27. The van der Waals surface area contributed by atoms with Gasteiger partial charge in [-0.05, 0) is 18.9 Å². The number of amides is 1. The summed E-state index contributed by atoms with van der Waals surface area (Å²) in [5.74, 6) is 0.307. The molecule has 0 aromatic carbocycles. The quantitative estimate of drug-likeness (QED) is 0.814. The number of aromatic amines is 1. The molecule has 19 heavy (non-hydrogen) atoms. The maximum absolute atomic E-state index is 12.2. The van der Waals surface area contributed by atoms with Gasteiger partial charge in [-0.3, -0.25) is 9.59 Å². The largest absolute Gasteiger partial charge is 0.381 e. The monoisotopic (exact) mass is 264 g/mol. The van der Waals surface area contributed by atoms with Crippen molar-refractivity contribution in [3.63, 3.8) is 0 Å². The zero-order valence-corrected chi connectivity index (χ0v) is 11.2. The lowest BCUT2D eigenvalue weighted by Gasteiger charge is -2.16. The van der Waals surface area contributed by atoms with E-state index >= 15 is 0 Å². The van der Waals surface area contributed by atoms with Crippen LogP contribution in [0.15, 0.2) is 23.0 Å². The van der Waals surface area contributed by atoms with E-state index in [1.165, 1.54) is 6.07 Å². The van der Waals surface area contributed by atoms with Crippen LogP contribution in [0.5, 0.6) is 0 Å². The molecule has 104 valence electrons. The summed E-state index contributed by atoms with van der Waals surface area (Å²) in [7, 11) is 0. The van der Waals surface area contributed by atoms with Gasteiger partial charge >= 0.3 is 0 Å². The van der Waals surface area contributed by atoms with E-state index in [9.17, 15) is 9.59 Å². The molecule has 1 fully saturated rings. The number of pyridine rings is 1. The van der Waals surface area contributed by atoms with Gasteiger partial charge in [0.1, 0.15) is 5.69 Å². The second-order valence-corrected chi connectivity index (χ2v) is 4.91. The van der Waals surface area contributed by atoms with E-state index in [2.05, 4.69) is 11.9 Å². The van der Waals surface area contributed by atoms with Gasteiger partial charge in [0.15, 0.2) is 0 Å². The first-order chi connectivity index (χ1) is 9.20. The fourth-order valence-corrected chi connectivity index (χ4v) is 2.29. The van der Waals surface area contributed by atoms with Gasteiger partial charge in [-0.25, -0.2) is 0 Å². The number of nitrogens with zero attached hydrogens (tertiary/aromatic N) is 1. The van der Waals surface area contributed by atoms with E-state index in [1.54, 1.807) is 17.0 Å². The SMILES string of the molecule is CCCOC[C@@H]1CCN(C(=O)c2cccc(=O)[nH]2)C1. The lowest BCUT2D eigenvalue weighted by Crippen LogP contribution is -2.31. The number of hydrogen-bond donors (Lipinski definition) is 1. The van der Waals surface area contributed by atoms with E-state index in [0.717, 1.165) is 26.0 Å². The van der Waals surface area contributed by atoms with Crippen molar-refractivity contribution in [1.82, 2.24) is 9.88 Å². The van der Waals surface area contributed by atoms with Gasteiger partial charge in [0.2, 0.25) is 5.56 Å². The summed E-state index contributed by atoms with van der Waals surface area (Å²) in [5.41, 5.74) is 0.121. The van der Waals surface area contributed by atoms with E-state index in [0.29, 0.717) is 24.8 Å². The minimum atomic E-state index is -0.243. The number of ether oxygens (including phenoxy) is 1.